The Morgan fingerprint density at radius 3 is 2.53 bits per heavy atom. The Labute approximate surface area is 196 Å². The Hall–Kier alpha value is -2.75. The molecule has 34 heavy (non-hydrogen) atoms. The lowest BCUT2D eigenvalue weighted by Gasteiger charge is -2.24. The van der Waals surface area contributed by atoms with Gasteiger partial charge in [0, 0.05) is 12.6 Å². The standard InChI is InChI=1S/C24H30F3N3O4/c1-32-21-19(33-12-6-11-30-9-4-5-10-30)13-18-20(22(21)34-15-31)16-7-2-3-8-17(16)23(29-18)28-14-24(25,26)27/h13,15H,2-12,14H2,1H3,(H,28,29). The number of fused-ring (bicyclic) bond motifs is 3. The molecule has 1 aliphatic heterocycles. The van der Waals surface area contributed by atoms with E-state index in [0.717, 1.165) is 50.0 Å². The van der Waals surface area contributed by atoms with Gasteiger partial charge in [-0.1, -0.05) is 0 Å². The Bertz CT molecular complexity index is 1020. The maximum absolute atomic E-state index is 12.9. The number of aryl methyl sites for hydroxylation is 1. The van der Waals surface area contributed by atoms with Gasteiger partial charge in [-0.05, 0) is 69.2 Å². The number of hydrogen-bond donors (Lipinski definition) is 1. The van der Waals surface area contributed by atoms with E-state index >= 15 is 0 Å². The molecule has 0 unspecified atom stereocenters. The van der Waals surface area contributed by atoms with Crippen molar-refractivity contribution in [2.45, 2.75) is 51.1 Å². The average Bonchev–Trinajstić information content (AvgIpc) is 3.33. The van der Waals surface area contributed by atoms with Crippen LogP contribution in [-0.4, -0.2) is 62.4 Å². The van der Waals surface area contributed by atoms with Crippen molar-refractivity contribution in [3.63, 3.8) is 0 Å². The number of carbonyl (C=O) groups excluding carboxylic acids is 1. The summed E-state index contributed by atoms with van der Waals surface area (Å²) in [7, 11) is 1.47. The van der Waals surface area contributed by atoms with Crippen LogP contribution in [0.5, 0.6) is 17.2 Å². The van der Waals surface area contributed by atoms with Crippen molar-refractivity contribution in [3.8, 4) is 17.2 Å². The van der Waals surface area contributed by atoms with Crippen LogP contribution in [0.1, 0.15) is 43.2 Å². The number of likely N-dealkylation sites (tertiary alicyclic amines) is 1. The van der Waals surface area contributed by atoms with Crippen molar-refractivity contribution in [1.29, 1.82) is 0 Å². The fraction of sp³-hybridized carbons (Fsp3) is 0.583. The number of aromatic nitrogens is 1. The number of benzene rings is 1. The van der Waals surface area contributed by atoms with Crippen LogP contribution in [-0.2, 0) is 17.6 Å². The molecule has 1 fully saturated rings. The van der Waals surface area contributed by atoms with Gasteiger partial charge in [-0.15, -0.1) is 0 Å². The minimum absolute atomic E-state index is 0.192. The number of rotatable bonds is 10. The molecular formula is C24H30F3N3O4. The van der Waals surface area contributed by atoms with Gasteiger partial charge in [0.25, 0.3) is 6.47 Å². The van der Waals surface area contributed by atoms with E-state index in [9.17, 15) is 18.0 Å². The molecule has 0 radical (unpaired) electrons. The normalized spacial score (nSPS) is 16.4. The van der Waals surface area contributed by atoms with Gasteiger partial charge < -0.3 is 24.4 Å². The number of pyridine rings is 1. The molecule has 4 rings (SSSR count). The molecule has 186 valence electrons. The zero-order valence-electron chi connectivity index (χ0n) is 19.3. The number of alkyl halides is 3. The Kier molecular flexibility index (Phi) is 7.65. The fourth-order valence-electron chi connectivity index (χ4n) is 4.88. The number of nitrogens with zero attached hydrogens (tertiary/aromatic N) is 2. The lowest BCUT2D eigenvalue weighted by molar-refractivity contribution is -0.120. The predicted octanol–water partition coefficient (Wildman–Crippen LogP) is 4.50. The van der Waals surface area contributed by atoms with Gasteiger partial charge in [0.1, 0.15) is 12.4 Å². The highest BCUT2D eigenvalue weighted by Gasteiger charge is 2.30. The highest BCUT2D eigenvalue weighted by atomic mass is 19.4. The Morgan fingerprint density at radius 2 is 1.85 bits per heavy atom. The molecule has 0 atom stereocenters. The van der Waals surface area contributed by atoms with Gasteiger partial charge in [-0.3, -0.25) is 4.79 Å². The molecule has 0 bridgehead atoms. The summed E-state index contributed by atoms with van der Waals surface area (Å²) in [5, 5.41) is 3.05. The molecule has 7 nitrogen and oxygen atoms in total. The lowest BCUT2D eigenvalue weighted by atomic mass is 9.88. The summed E-state index contributed by atoms with van der Waals surface area (Å²) in [6.07, 6.45) is 1.83. The fourth-order valence-corrected chi connectivity index (χ4v) is 4.88. The number of nitrogens with one attached hydrogen (secondary N) is 1. The second kappa shape index (κ2) is 10.7. The first-order valence-corrected chi connectivity index (χ1v) is 11.7. The summed E-state index contributed by atoms with van der Waals surface area (Å²) in [5.41, 5.74) is 1.95. The molecule has 1 aromatic heterocycles. The monoisotopic (exact) mass is 481 g/mol. The van der Waals surface area contributed by atoms with Gasteiger partial charge in [0.2, 0.25) is 5.75 Å². The van der Waals surface area contributed by atoms with Crippen LogP contribution in [0, 0.1) is 0 Å². The highest BCUT2D eigenvalue weighted by molar-refractivity contribution is 5.96. The number of methoxy groups -OCH3 is 1. The van der Waals surface area contributed by atoms with Crippen molar-refractivity contribution >= 4 is 23.2 Å². The molecule has 2 aliphatic rings. The number of ether oxygens (including phenoxy) is 3. The zero-order valence-corrected chi connectivity index (χ0v) is 19.3. The highest BCUT2D eigenvalue weighted by Crippen LogP contribution is 2.47. The van der Waals surface area contributed by atoms with E-state index in [0.29, 0.717) is 42.6 Å². The summed E-state index contributed by atoms with van der Waals surface area (Å²) in [6.45, 7) is 2.68. The van der Waals surface area contributed by atoms with E-state index in [1.165, 1.54) is 20.0 Å². The van der Waals surface area contributed by atoms with Crippen molar-refractivity contribution in [1.82, 2.24) is 9.88 Å². The molecule has 1 aromatic carbocycles. The van der Waals surface area contributed by atoms with Crippen LogP contribution in [0.25, 0.3) is 10.9 Å². The minimum Gasteiger partial charge on any atom is -0.490 e. The van der Waals surface area contributed by atoms with E-state index < -0.39 is 12.7 Å². The van der Waals surface area contributed by atoms with Crippen LogP contribution in [0.15, 0.2) is 6.07 Å². The van der Waals surface area contributed by atoms with E-state index in [1.807, 2.05) is 0 Å². The van der Waals surface area contributed by atoms with E-state index in [2.05, 4.69) is 15.2 Å². The maximum Gasteiger partial charge on any atom is 0.405 e. The third kappa shape index (κ3) is 5.48. The van der Waals surface area contributed by atoms with Gasteiger partial charge in [-0.2, -0.15) is 13.2 Å². The van der Waals surface area contributed by atoms with Gasteiger partial charge in [0.15, 0.2) is 11.5 Å². The molecule has 2 aromatic rings. The average molecular weight is 482 g/mol. The molecule has 0 spiro atoms. The second-order valence-corrected chi connectivity index (χ2v) is 8.69. The molecule has 1 N–H and O–H groups in total. The van der Waals surface area contributed by atoms with Gasteiger partial charge in [0.05, 0.1) is 24.6 Å². The van der Waals surface area contributed by atoms with Crippen molar-refractivity contribution in [2.24, 2.45) is 0 Å². The Balaban J connectivity index is 1.71. The van der Waals surface area contributed by atoms with E-state index in [1.54, 1.807) is 6.07 Å². The molecule has 2 heterocycles. The molecular weight excluding hydrogens is 451 g/mol. The molecule has 0 amide bonds. The van der Waals surface area contributed by atoms with Crippen LogP contribution < -0.4 is 19.5 Å². The summed E-state index contributed by atoms with van der Waals surface area (Å²) in [4.78, 5) is 18.3. The van der Waals surface area contributed by atoms with Crippen LogP contribution in [0.2, 0.25) is 0 Å². The third-order valence-corrected chi connectivity index (χ3v) is 6.37. The first-order chi connectivity index (χ1) is 16.4. The van der Waals surface area contributed by atoms with E-state index in [4.69, 9.17) is 14.2 Å². The SMILES string of the molecule is COc1c(OCCCN2CCCC2)cc2nc(NCC(F)(F)F)c3c(c2c1OC=O)CCCC3. The smallest absolute Gasteiger partial charge is 0.405 e. The lowest BCUT2D eigenvalue weighted by Crippen LogP contribution is -2.23. The number of anilines is 1. The van der Waals surface area contributed by atoms with Crippen molar-refractivity contribution < 1.29 is 32.2 Å². The quantitative estimate of drug-likeness (QED) is 0.396. The summed E-state index contributed by atoms with van der Waals surface area (Å²) in [5.74, 6) is 1.03. The maximum atomic E-state index is 12.9. The topological polar surface area (TPSA) is 72.9 Å². The van der Waals surface area contributed by atoms with Gasteiger partial charge >= 0.3 is 6.18 Å². The number of carbonyl (C=O) groups is 1. The first kappa shape index (κ1) is 24.4. The summed E-state index contributed by atoms with van der Waals surface area (Å²) >= 11 is 0. The van der Waals surface area contributed by atoms with Gasteiger partial charge in [-0.25, -0.2) is 4.98 Å². The molecule has 0 saturated carbocycles. The molecule has 10 heteroatoms. The van der Waals surface area contributed by atoms with Crippen LogP contribution >= 0.6 is 0 Å². The number of halogens is 3. The first-order valence-electron chi connectivity index (χ1n) is 11.7. The number of hydrogen-bond acceptors (Lipinski definition) is 7. The molecule has 1 saturated heterocycles. The zero-order chi connectivity index (χ0) is 24.1. The summed E-state index contributed by atoms with van der Waals surface area (Å²) < 4.78 is 55.6. The van der Waals surface area contributed by atoms with E-state index in [-0.39, 0.29) is 17.3 Å². The predicted molar refractivity (Wildman–Crippen MR) is 122 cm³/mol. The van der Waals surface area contributed by atoms with Crippen LogP contribution in [0.4, 0.5) is 19.0 Å². The Morgan fingerprint density at radius 1 is 1.12 bits per heavy atom. The summed E-state index contributed by atoms with van der Waals surface area (Å²) in [6, 6.07) is 1.66. The van der Waals surface area contributed by atoms with Crippen molar-refractivity contribution in [2.75, 3.05) is 45.2 Å². The largest absolute Gasteiger partial charge is 0.490 e. The third-order valence-electron chi connectivity index (χ3n) is 6.37. The minimum atomic E-state index is -4.37. The van der Waals surface area contributed by atoms with Crippen molar-refractivity contribution in [3.05, 3.63) is 17.2 Å². The second-order valence-electron chi connectivity index (χ2n) is 8.69. The van der Waals surface area contributed by atoms with Crippen LogP contribution in [0.3, 0.4) is 0 Å². The molecule has 1 aliphatic carbocycles.